The number of methoxy groups -OCH3 is 1. The first-order valence-electron chi connectivity index (χ1n) is 10.9. The molecule has 30 heavy (non-hydrogen) atoms. The minimum atomic E-state index is -0.365. The Morgan fingerprint density at radius 1 is 1.00 bits per heavy atom. The number of hydrogen-bond donors (Lipinski definition) is 0. The van der Waals surface area contributed by atoms with E-state index in [0.29, 0.717) is 23.5 Å². The summed E-state index contributed by atoms with van der Waals surface area (Å²) in [6.45, 7) is 5.34. The van der Waals surface area contributed by atoms with E-state index in [-0.39, 0.29) is 29.9 Å². The molecular formula is C24H30N2O4. The van der Waals surface area contributed by atoms with Gasteiger partial charge in [0.15, 0.2) is 5.78 Å². The lowest BCUT2D eigenvalue weighted by molar-refractivity contribution is -0.136. The standard InChI is InChI=1S/C24H30N2O4/c1-15-10-12-25(13-11-15)24(29)26-19-8-9-21(26)22(23(28)30-3)20(14-19)18-6-4-17(5-7-18)16(2)27/h4-7,15,19,21H,8-14H2,1-3H3/t19-,21+/m1/s1. The van der Waals surface area contributed by atoms with Gasteiger partial charge in [0.05, 0.1) is 18.7 Å². The minimum Gasteiger partial charge on any atom is -0.466 e. The van der Waals surface area contributed by atoms with E-state index in [9.17, 15) is 14.4 Å². The molecule has 2 atom stereocenters. The van der Waals surface area contributed by atoms with Gasteiger partial charge < -0.3 is 14.5 Å². The maximum atomic E-state index is 13.4. The van der Waals surface area contributed by atoms with E-state index in [0.717, 1.165) is 49.9 Å². The number of carbonyl (C=O) groups is 3. The molecule has 4 rings (SSSR count). The normalized spacial score (nSPS) is 24.2. The summed E-state index contributed by atoms with van der Waals surface area (Å²) in [7, 11) is 1.39. The van der Waals surface area contributed by atoms with E-state index >= 15 is 0 Å². The summed E-state index contributed by atoms with van der Waals surface area (Å²) in [6, 6.07) is 7.31. The number of fused-ring (bicyclic) bond motifs is 2. The van der Waals surface area contributed by atoms with Gasteiger partial charge in [-0.15, -0.1) is 0 Å². The number of piperidine rings is 1. The van der Waals surface area contributed by atoms with Crippen LogP contribution < -0.4 is 0 Å². The monoisotopic (exact) mass is 410 g/mol. The van der Waals surface area contributed by atoms with Crippen molar-refractivity contribution in [1.29, 1.82) is 0 Å². The van der Waals surface area contributed by atoms with Crippen LogP contribution in [0.15, 0.2) is 29.8 Å². The molecule has 0 aromatic heterocycles. The molecule has 1 aromatic rings. The first-order chi connectivity index (χ1) is 14.4. The van der Waals surface area contributed by atoms with E-state index in [4.69, 9.17) is 4.74 Å². The van der Waals surface area contributed by atoms with Crippen LogP contribution in [0.3, 0.4) is 0 Å². The molecule has 160 valence electrons. The highest BCUT2D eigenvalue weighted by Crippen LogP contribution is 2.44. The van der Waals surface area contributed by atoms with Gasteiger partial charge in [0.25, 0.3) is 0 Å². The van der Waals surface area contributed by atoms with Gasteiger partial charge in [-0.3, -0.25) is 4.79 Å². The summed E-state index contributed by atoms with van der Waals surface area (Å²) in [5.41, 5.74) is 3.12. The number of carbonyl (C=O) groups excluding carboxylic acids is 3. The van der Waals surface area contributed by atoms with Crippen LogP contribution in [-0.4, -0.2) is 59.9 Å². The smallest absolute Gasteiger partial charge is 0.336 e. The Kier molecular flexibility index (Phi) is 5.67. The SMILES string of the molecule is COC(=O)C1=C(c2ccc(C(C)=O)cc2)C[C@H]2CC[C@@H]1N2C(=O)N1CCC(C)CC1. The van der Waals surface area contributed by atoms with Crippen molar-refractivity contribution in [2.75, 3.05) is 20.2 Å². The summed E-state index contributed by atoms with van der Waals surface area (Å²) in [4.78, 5) is 41.7. The van der Waals surface area contributed by atoms with Crippen LogP contribution in [0.1, 0.15) is 61.9 Å². The van der Waals surface area contributed by atoms with E-state index in [1.54, 1.807) is 19.1 Å². The fourth-order valence-corrected chi connectivity index (χ4v) is 5.11. The lowest BCUT2D eigenvalue weighted by atomic mass is 9.88. The number of ether oxygens (including phenoxy) is 1. The van der Waals surface area contributed by atoms with Crippen LogP contribution in [0.5, 0.6) is 0 Å². The van der Waals surface area contributed by atoms with Crippen molar-refractivity contribution < 1.29 is 19.1 Å². The topological polar surface area (TPSA) is 66.9 Å². The molecule has 6 heteroatoms. The Morgan fingerprint density at radius 3 is 2.27 bits per heavy atom. The number of ketones is 1. The molecule has 3 heterocycles. The van der Waals surface area contributed by atoms with Gasteiger partial charge in [-0.25, -0.2) is 9.59 Å². The van der Waals surface area contributed by atoms with Gasteiger partial charge in [-0.05, 0) is 56.1 Å². The number of likely N-dealkylation sites (tertiary alicyclic amines) is 1. The van der Waals surface area contributed by atoms with Crippen molar-refractivity contribution in [3.05, 3.63) is 41.0 Å². The average Bonchev–Trinajstić information content (AvgIpc) is 3.06. The van der Waals surface area contributed by atoms with Crippen molar-refractivity contribution in [2.24, 2.45) is 5.92 Å². The van der Waals surface area contributed by atoms with Gasteiger partial charge >= 0.3 is 12.0 Å². The molecule has 3 aliphatic heterocycles. The Bertz CT molecular complexity index is 881. The Labute approximate surface area is 177 Å². The molecule has 3 aliphatic rings. The van der Waals surface area contributed by atoms with Crippen LogP contribution in [0, 0.1) is 5.92 Å². The summed E-state index contributed by atoms with van der Waals surface area (Å²) >= 11 is 0. The van der Waals surface area contributed by atoms with Crippen LogP contribution in [-0.2, 0) is 9.53 Å². The second kappa shape index (κ2) is 8.25. The second-order valence-electron chi connectivity index (χ2n) is 8.83. The molecule has 0 saturated carbocycles. The number of nitrogens with zero attached hydrogens (tertiary/aromatic N) is 2. The van der Waals surface area contributed by atoms with Crippen LogP contribution in [0.25, 0.3) is 5.57 Å². The van der Waals surface area contributed by atoms with E-state index < -0.39 is 0 Å². The van der Waals surface area contributed by atoms with Crippen molar-refractivity contribution in [3.63, 3.8) is 0 Å². The highest BCUT2D eigenvalue weighted by Gasteiger charge is 2.47. The lowest BCUT2D eigenvalue weighted by Crippen LogP contribution is -2.53. The molecule has 0 spiro atoms. The van der Waals surface area contributed by atoms with Gasteiger partial charge in [-0.2, -0.15) is 0 Å². The third kappa shape index (κ3) is 3.64. The second-order valence-corrected chi connectivity index (χ2v) is 8.83. The Morgan fingerprint density at radius 2 is 1.67 bits per heavy atom. The Hall–Kier alpha value is -2.63. The van der Waals surface area contributed by atoms with E-state index in [1.165, 1.54) is 7.11 Å². The largest absolute Gasteiger partial charge is 0.466 e. The molecule has 2 fully saturated rings. The number of esters is 1. The maximum absolute atomic E-state index is 13.4. The third-order valence-corrected chi connectivity index (χ3v) is 6.92. The lowest BCUT2D eigenvalue weighted by Gasteiger charge is -2.41. The molecule has 2 amide bonds. The number of urea groups is 1. The summed E-state index contributed by atoms with van der Waals surface area (Å²) in [5, 5.41) is 0. The van der Waals surface area contributed by atoms with Crippen molar-refractivity contribution in [2.45, 2.75) is 58.0 Å². The van der Waals surface area contributed by atoms with E-state index in [2.05, 4.69) is 6.92 Å². The van der Waals surface area contributed by atoms with Crippen molar-refractivity contribution in [1.82, 2.24) is 9.80 Å². The third-order valence-electron chi connectivity index (χ3n) is 6.92. The summed E-state index contributed by atoms with van der Waals surface area (Å²) in [6.07, 6.45) is 4.36. The number of amides is 2. The number of rotatable bonds is 3. The fourth-order valence-electron chi connectivity index (χ4n) is 5.11. The zero-order valence-electron chi connectivity index (χ0n) is 18.0. The van der Waals surface area contributed by atoms with Gasteiger partial charge in [0, 0.05) is 24.7 Å². The predicted molar refractivity (Wildman–Crippen MR) is 114 cm³/mol. The predicted octanol–water partition coefficient (Wildman–Crippen LogP) is 3.90. The molecule has 2 bridgehead atoms. The number of benzene rings is 1. The molecule has 0 unspecified atom stereocenters. The molecular weight excluding hydrogens is 380 g/mol. The summed E-state index contributed by atoms with van der Waals surface area (Å²) in [5.74, 6) is 0.304. The zero-order valence-corrected chi connectivity index (χ0v) is 18.0. The molecule has 0 aliphatic carbocycles. The van der Waals surface area contributed by atoms with E-state index in [1.807, 2.05) is 21.9 Å². The maximum Gasteiger partial charge on any atom is 0.336 e. The van der Waals surface area contributed by atoms with Crippen LogP contribution in [0.4, 0.5) is 4.79 Å². The van der Waals surface area contributed by atoms with Crippen LogP contribution in [0.2, 0.25) is 0 Å². The van der Waals surface area contributed by atoms with Gasteiger partial charge in [0.2, 0.25) is 0 Å². The average molecular weight is 411 g/mol. The zero-order chi connectivity index (χ0) is 21.4. The van der Waals surface area contributed by atoms with Gasteiger partial charge in [-0.1, -0.05) is 31.2 Å². The molecule has 0 radical (unpaired) electrons. The fraction of sp³-hybridized carbons (Fsp3) is 0.542. The molecule has 0 N–H and O–H groups in total. The highest BCUT2D eigenvalue weighted by atomic mass is 16.5. The summed E-state index contributed by atoms with van der Waals surface area (Å²) < 4.78 is 5.14. The molecule has 2 saturated heterocycles. The highest BCUT2D eigenvalue weighted by molar-refractivity contribution is 6.01. The Balaban J connectivity index is 1.67. The molecule has 6 nitrogen and oxygen atoms in total. The minimum absolute atomic E-state index is 0.0139. The first kappa shape index (κ1) is 20.6. The number of Topliss-reactive ketones (excluding diaryl/α,β-unsaturated/α-hetero) is 1. The number of hydrogen-bond acceptors (Lipinski definition) is 4. The quantitative estimate of drug-likeness (QED) is 0.560. The van der Waals surface area contributed by atoms with Crippen molar-refractivity contribution in [3.8, 4) is 0 Å². The van der Waals surface area contributed by atoms with Gasteiger partial charge in [0.1, 0.15) is 0 Å². The first-order valence-corrected chi connectivity index (χ1v) is 10.9. The van der Waals surface area contributed by atoms with Crippen LogP contribution >= 0.6 is 0 Å². The molecule has 1 aromatic carbocycles. The van der Waals surface area contributed by atoms with Crippen molar-refractivity contribution >= 4 is 23.4 Å².